The van der Waals surface area contributed by atoms with Gasteiger partial charge in [0.2, 0.25) is 5.24 Å². The van der Waals surface area contributed by atoms with Gasteiger partial charge in [0.05, 0.1) is 5.88 Å². The number of hydrogen-bond donors (Lipinski definition) is 0. The highest BCUT2D eigenvalue weighted by Crippen LogP contribution is 2.02. The lowest BCUT2D eigenvalue weighted by molar-refractivity contribution is -0.109. The zero-order valence-corrected chi connectivity index (χ0v) is 11.2. The highest BCUT2D eigenvalue weighted by atomic mass is 35.5. The van der Waals surface area contributed by atoms with Crippen LogP contribution in [0.2, 0.25) is 0 Å². The average molecular weight is 242 g/mol. The quantitative estimate of drug-likeness (QED) is 0.557. The second-order valence-electron chi connectivity index (χ2n) is 3.51. The van der Waals surface area contributed by atoms with Gasteiger partial charge in [-0.15, -0.1) is 11.6 Å². The van der Waals surface area contributed by atoms with E-state index in [9.17, 15) is 4.79 Å². The third-order valence-electron chi connectivity index (χ3n) is 1.80. The summed E-state index contributed by atoms with van der Waals surface area (Å²) >= 11 is 9.55. The Hall–Kier alpha value is 0.210. The lowest BCUT2D eigenvalue weighted by Crippen LogP contribution is -2.36. The maximum atomic E-state index is 9.45. The second kappa shape index (κ2) is 9.75. The summed E-state index contributed by atoms with van der Waals surface area (Å²) in [4.78, 5) is 11.9. The van der Waals surface area contributed by atoms with Crippen LogP contribution in [0.3, 0.4) is 0 Å². The predicted octanol–water partition coefficient (Wildman–Crippen LogP) is 3.12. The highest BCUT2D eigenvalue weighted by Gasteiger charge is 2.08. The lowest BCUT2D eigenvalue weighted by atomic mass is 10.2. The minimum atomic E-state index is -0.508. The van der Waals surface area contributed by atoms with E-state index in [0.29, 0.717) is 12.1 Å². The van der Waals surface area contributed by atoms with Gasteiger partial charge in [-0.1, -0.05) is 6.92 Å². The number of hydrogen-bond acceptors (Lipinski definition) is 2. The SMILES string of the molecule is CCN(C(C)C)C(C)C.O=C(Cl)CCl. The molecule has 0 amide bonds. The van der Waals surface area contributed by atoms with Crippen molar-refractivity contribution in [2.24, 2.45) is 0 Å². The van der Waals surface area contributed by atoms with Crippen LogP contribution in [-0.2, 0) is 4.79 Å². The van der Waals surface area contributed by atoms with Crippen LogP contribution in [0.5, 0.6) is 0 Å². The number of halogens is 2. The molecule has 0 spiro atoms. The third kappa shape index (κ3) is 10.3. The van der Waals surface area contributed by atoms with E-state index in [1.807, 2.05) is 0 Å². The molecular formula is C10H21Cl2NO. The Kier molecular flexibility index (Phi) is 11.6. The molecule has 2 nitrogen and oxygen atoms in total. The smallest absolute Gasteiger partial charge is 0.236 e. The molecule has 0 aliphatic heterocycles. The summed E-state index contributed by atoms with van der Waals surface area (Å²) in [5.74, 6) is -0.0957. The van der Waals surface area contributed by atoms with Crippen LogP contribution in [-0.4, -0.2) is 34.7 Å². The van der Waals surface area contributed by atoms with Crippen LogP contribution in [0, 0.1) is 0 Å². The number of carbonyl (C=O) groups is 1. The highest BCUT2D eigenvalue weighted by molar-refractivity contribution is 6.67. The van der Waals surface area contributed by atoms with Crippen LogP contribution < -0.4 is 0 Å². The molecule has 4 heteroatoms. The van der Waals surface area contributed by atoms with Crippen molar-refractivity contribution in [3.8, 4) is 0 Å². The number of alkyl halides is 1. The van der Waals surface area contributed by atoms with Crippen LogP contribution in [0.1, 0.15) is 34.6 Å². The summed E-state index contributed by atoms with van der Waals surface area (Å²) < 4.78 is 0. The van der Waals surface area contributed by atoms with E-state index in [4.69, 9.17) is 23.2 Å². The van der Waals surface area contributed by atoms with Crippen molar-refractivity contribution in [2.45, 2.75) is 46.7 Å². The zero-order chi connectivity index (χ0) is 11.7. The van der Waals surface area contributed by atoms with Gasteiger partial charge >= 0.3 is 0 Å². The summed E-state index contributed by atoms with van der Waals surface area (Å²) in [7, 11) is 0. The topological polar surface area (TPSA) is 20.3 Å². The fraction of sp³-hybridized carbons (Fsp3) is 0.900. The Morgan fingerprint density at radius 1 is 1.21 bits per heavy atom. The van der Waals surface area contributed by atoms with Crippen LogP contribution in [0.4, 0.5) is 0 Å². The Morgan fingerprint density at radius 3 is 1.50 bits per heavy atom. The molecule has 0 fully saturated rings. The first kappa shape index (κ1) is 16.6. The minimum Gasteiger partial charge on any atom is -0.299 e. The molecule has 0 aromatic carbocycles. The molecule has 0 aliphatic carbocycles. The number of rotatable bonds is 4. The Labute approximate surface area is 97.6 Å². The van der Waals surface area contributed by atoms with Crippen molar-refractivity contribution < 1.29 is 4.79 Å². The first-order valence-electron chi connectivity index (χ1n) is 4.86. The van der Waals surface area contributed by atoms with Gasteiger partial charge < -0.3 is 0 Å². The molecule has 0 atom stereocenters. The molecule has 0 saturated carbocycles. The molecule has 0 saturated heterocycles. The van der Waals surface area contributed by atoms with Gasteiger partial charge in [-0.2, -0.15) is 0 Å². The molecule has 0 aliphatic rings. The normalized spacial score (nSPS) is 10.4. The van der Waals surface area contributed by atoms with Crippen molar-refractivity contribution in [2.75, 3.05) is 12.4 Å². The zero-order valence-electron chi connectivity index (χ0n) is 9.68. The third-order valence-corrected chi connectivity index (χ3v) is 2.31. The van der Waals surface area contributed by atoms with Gasteiger partial charge in [-0.25, -0.2) is 0 Å². The van der Waals surface area contributed by atoms with Gasteiger partial charge in [0, 0.05) is 12.1 Å². The Balaban J connectivity index is 0. The van der Waals surface area contributed by atoms with Crippen LogP contribution in [0.15, 0.2) is 0 Å². The first-order chi connectivity index (χ1) is 6.36. The molecular weight excluding hydrogens is 221 g/mol. The molecule has 0 heterocycles. The average Bonchev–Trinajstić information content (AvgIpc) is 2.05. The molecule has 0 rings (SSSR count). The Morgan fingerprint density at radius 2 is 1.50 bits per heavy atom. The summed E-state index contributed by atoms with van der Waals surface area (Å²) in [6.45, 7) is 12.3. The lowest BCUT2D eigenvalue weighted by Gasteiger charge is -2.28. The summed E-state index contributed by atoms with van der Waals surface area (Å²) in [5, 5.41) is -0.508. The van der Waals surface area contributed by atoms with Gasteiger partial charge in [-0.05, 0) is 45.8 Å². The van der Waals surface area contributed by atoms with E-state index < -0.39 is 5.24 Å². The number of nitrogens with zero attached hydrogens (tertiary/aromatic N) is 1. The van der Waals surface area contributed by atoms with E-state index in [0.717, 1.165) is 6.54 Å². The van der Waals surface area contributed by atoms with Gasteiger partial charge in [0.25, 0.3) is 0 Å². The van der Waals surface area contributed by atoms with E-state index in [2.05, 4.69) is 39.5 Å². The molecule has 0 bridgehead atoms. The monoisotopic (exact) mass is 241 g/mol. The van der Waals surface area contributed by atoms with Crippen molar-refractivity contribution in [1.29, 1.82) is 0 Å². The molecule has 0 aromatic rings. The van der Waals surface area contributed by atoms with Crippen molar-refractivity contribution in [3.63, 3.8) is 0 Å². The summed E-state index contributed by atoms with van der Waals surface area (Å²) in [6, 6.07) is 1.38. The predicted molar refractivity (Wildman–Crippen MR) is 64.2 cm³/mol. The van der Waals surface area contributed by atoms with Gasteiger partial charge in [0.15, 0.2) is 0 Å². The number of carbonyl (C=O) groups excluding carboxylic acids is 1. The Bertz CT molecular complexity index is 141. The summed E-state index contributed by atoms with van der Waals surface area (Å²) in [5.41, 5.74) is 0. The molecule has 0 N–H and O–H groups in total. The van der Waals surface area contributed by atoms with E-state index in [1.54, 1.807) is 0 Å². The second-order valence-corrected chi connectivity index (χ2v) is 4.20. The van der Waals surface area contributed by atoms with E-state index in [1.165, 1.54) is 0 Å². The fourth-order valence-corrected chi connectivity index (χ4v) is 1.33. The molecule has 0 radical (unpaired) electrons. The van der Waals surface area contributed by atoms with Crippen molar-refractivity contribution in [1.82, 2.24) is 4.90 Å². The van der Waals surface area contributed by atoms with Crippen molar-refractivity contribution >= 4 is 28.4 Å². The maximum Gasteiger partial charge on any atom is 0.236 e. The molecule has 0 aromatic heterocycles. The van der Waals surface area contributed by atoms with Crippen LogP contribution in [0.25, 0.3) is 0 Å². The van der Waals surface area contributed by atoms with Gasteiger partial charge in [-0.3, -0.25) is 9.69 Å². The van der Waals surface area contributed by atoms with Gasteiger partial charge in [0.1, 0.15) is 0 Å². The van der Waals surface area contributed by atoms with Crippen molar-refractivity contribution in [3.05, 3.63) is 0 Å². The molecule has 86 valence electrons. The van der Waals surface area contributed by atoms with E-state index >= 15 is 0 Å². The van der Waals surface area contributed by atoms with Crippen LogP contribution >= 0.6 is 23.2 Å². The molecule has 0 unspecified atom stereocenters. The largest absolute Gasteiger partial charge is 0.299 e. The maximum absolute atomic E-state index is 9.45. The fourth-order valence-electron chi connectivity index (χ4n) is 1.33. The van der Waals surface area contributed by atoms with E-state index in [-0.39, 0.29) is 5.88 Å². The first-order valence-corrected chi connectivity index (χ1v) is 5.78. The molecule has 14 heavy (non-hydrogen) atoms. The standard InChI is InChI=1S/C8H19N.C2H2Cl2O/c1-6-9(7(2)3)8(4)5;3-1-2(4)5/h7-8H,6H2,1-5H3;1H2. The minimum absolute atomic E-state index is 0.0957. The summed E-state index contributed by atoms with van der Waals surface area (Å²) in [6.07, 6.45) is 0.